The Morgan fingerprint density at radius 3 is 2.14 bits per heavy atom. The van der Waals surface area contributed by atoms with Crippen molar-refractivity contribution in [3.63, 3.8) is 0 Å². The summed E-state index contributed by atoms with van der Waals surface area (Å²) < 4.78 is 27.4. The van der Waals surface area contributed by atoms with Gasteiger partial charge in [-0.25, -0.2) is 8.42 Å². The summed E-state index contributed by atoms with van der Waals surface area (Å²) in [6.07, 6.45) is 1.50. The van der Waals surface area contributed by atoms with E-state index in [1.54, 1.807) is 36.4 Å². The van der Waals surface area contributed by atoms with Crippen molar-refractivity contribution < 1.29 is 13.2 Å². The van der Waals surface area contributed by atoms with Crippen LogP contribution in [0.4, 0.5) is 5.69 Å². The molecule has 1 unspecified atom stereocenters. The van der Waals surface area contributed by atoms with E-state index in [-0.39, 0.29) is 23.2 Å². The molecule has 0 saturated heterocycles. The molecule has 1 amide bonds. The molecule has 6 heteroatoms. The smallest absolute Gasteiger partial charge is 0.255 e. The monoisotopic (exact) mass is 406 g/mol. The van der Waals surface area contributed by atoms with Gasteiger partial charge in [0.25, 0.3) is 15.9 Å². The maximum Gasteiger partial charge on any atom is 0.255 e. The predicted octanol–water partition coefficient (Wildman–Crippen LogP) is 4.59. The largest absolute Gasteiger partial charge is 0.345 e. The van der Waals surface area contributed by atoms with Crippen LogP contribution in [0.15, 0.2) is 90.3 Å². The Balaban J connectivity index is 1.76. The highest BCUT2D eigenvalue weighted by atomic mass is 32.2. The zero-order valence-corrected chi connectivity index (χ0v) is 16.8. The van der Waals surface area contributed by atoms with Crippen LogP contribution in [-0.2, 0) is 10.0 Å². The summed E-state index contributed by atoms with van der Waals surface area (Å²) in [7, 11) is -3.78. The number of benzene rings is 3. The highest BCUT2D eigenvalue weighted by Crippen LogP contribution is 2.19. The number of carbonyl (C=O) groups excluding carboxylic acids is 1. The molecule has 0 aliphatic rings. The molecular weight excluding hydrogens is 384 g/mol. The summed E-state index contributed by atoms with van der Waals surface area (Å²) >= 11 is 0. The molecular formula is C23H22N2O3S. The highest BCUT2D eigenvalue weighted by Gasteiger charge is 2.17. The minimum Gasteiger partial charge on any atom is -0.345 e. The molecule has 0 heterocycles. The average Bonchev–Trinajstić information content (AvgIpc) is 2.74. The van der Waals surface area contributed by atoms with Gasteiger partial charge in [0.15, 0.2) is 0 Å². The number of sulfonamides is 1. The molecule has 1 atom stereocenters. The lowest BCUT2D eigenvalue weighted by Gasteiger charge is -2.16. The van der Waals surface area contributed by atoms with Crippen LogP contribution in [0.2, 0.25) is 0 Å². The Morgan fingerprint density at radius 2 is 1.45 bits per heavy atom. The van der Waals surface area contributed by atoms with Gasteiger partial charge in [0.2, 0.25) is 0 Å². The summed E-state index contributed by atoms with van der Waals surface area (Å²) in [6.45, 7) is 1.88. The maximum absolute atomic E-state index is 12.8. The Hall–Kier alpha value is -3.38. The van der Waals surface area contributed by atoms with Crippen molar-refractivity contribution in [2.75, 3.05) is 4.72 Å². The third-order valence-corrected chi connectivity index (χ3v) is 5.31. The van der Waals surface area contributed by atoms with Crippen LogP contribution in [0.1, 0.15) is 34.5 Å². The summed E-state index contributed by atoms with van der Waals surface area (Å²) in [4.78, 5) is 12.8. The first-order valence-electron chi connectivity index (χ1n) is 9.15. The molecule has 3 aromatic carbocycles. The number of hydrogen-bond acceptors (Lipinski definition) is 3. The van der Waals surface area contributed by atoms with Crippen LogP contribution in [0.25, 0.3) is 6.08 Å². The van der Waals surface area contributed by atoms with E-state index < -0.39 is 10.0 Å². The number of carbonyl (C=O) groups is 1. The number of para-hydroxylation sites is 1. The van der Waals surface area contributed by atoms with Gasteiger partial charge in [-0.1, -0.05) is 72.8 Å². The van der Waals surface area contributed by atoms with Crippen molar-refractivity contribution in [3.05, 3.63) is 107 Å². The Morgan fingerprint density at radius 1 is 0.862 bits per heavy atom. The van der Waals surface area contributed by atoms with Crippen molar-refractivity contribution in [2.24, 2.45) is 0 Å². The quantitative estimate of drug-likeness (QED) is 0.603. The summed E-state index contributed by atoms with van der Waals surface area (Å²) in [6, 6.07) is 25.0. The lowest BCUT2D eigenvalue weighted by molar-refractivity contribution is 0.0941. The van der Waals surface area contributed by atoms with Crippen LogP contribution < -0.4 is 10.0 Å². The summed E-state index contributed by atoms with van der Waals surface area (Å²) in [5, 5.41) is 3.99. The molecule has 3 aromatic rings. The first-order valence-corrected chi connectivity index (χ1v) is 10.7. The van der Waals surface area contributed by atoms with Gasteiger partial charge in [-0.2, -0.15) is 0 Å². The Bertz CT molecular complexity index is 1100. The van der Waals surface area contributed by atoms with Crippen molar-refractivity contribution >= 4 is 27.7 Å². The van der Waals surface area contributed by atoms with Crippen LogP contribution in [-0.4, -0.2) is 14.3 Å². The van der Waals surface area contributed by atoms with Gasteiger partial charge in [-0.05, 0) is 36.3 Å². The van der Waals surface area contributed by atoms with E-state index in [0.717, 1.165) is 16.5 Å². The van der Waals surface area contributed by atoms with Crippen LogP contribution >= 0.6 is 0 Å². The molecule has 0 fully saturated rings. The lowest BCUT2D eigenvalue weighted by Crippen LogP contribution is -2.27. The maximum atomic E-state index is 12.8. The first-order chi connectivity index (χ1) is 13.9. The summed E-state index contributed by atoms with van der Waals surface area (Å²) in [5.41, 5.74) is 2.21. The van der Waals surface area contributed by atoms with E-state index in [2.05, 4.69) is 10.0 Å². The zero-order chi connectivity index (χ0) is 20.7. The SMILES string of the molecule is CC(NC(=O)c1ccccc1NS(=O)(=O)/C=C/c1ccccc1)c1ccccc1. The highest BCUT2D eigenvalue weighted by molar-refractivity contribution is 7.95. The second-order valence-electron chi connectivity index (χ2n) is 6.51. The molecule has 0 bridgehead atoms. The van der Waals surface area contributed by atoms with E-state index >= 15 is 0 Å². The van der Waals surface area contributed by atoms with Crippen LogP contribution in [0.3, 0.4) is 0 Å². The Labute approximate surface area is 171 Å². The fraction of sp³-hybridized carbons (Fsp3) is 0.0870. The summed E-state index contributed by atoms with van der Waals surface area (Å²) in [5.74, 6) is -0.355. The molecule has 0 radical (unpaired) electrons. The van der Waals surface area contributed by atoms with Gasteiger partial charge in [-0.15, -0.1) is 0 Å². The minimum atomic E-state index is -3.78. The van der Waals surface area contributed by atoms with Gasteiger partial charge in [0.05, 0.1) is 22.7 Å². The fourth-order valence-electron chi connectivity index (χ4n) is 2.79. The van der Waals surface area contributed by atoms with E-state index in [0.29, 0.717) is 0 Å². The molecule has 0 aliphatic carbocycles. The molecule has 5 nitrogen and oxygen atoms in total. The van der Waals surface area contributed by atoms with Gasteiger partial charge in [-0.3, -0.25) is 9.52 Å². The van der Waals surface area contributed by atoms with Gasteiger partial charge < -0.3 is 5.32 Å². The van der Waals surface area contributed by atoms with Crippen molar-refractivity contribution in [1.82, 2.24) is 5.32 Å². The van der Waals surface area contributed by atoms with Gasteiger partial charge >= 0.3 is 0 Å². The molecule has 2 N–H and O–H groups in total. The van der Waals surface area contributed by atoms with Gasteiger partial charge in [0, 0.05) is 0 Å². The van der Waals surface area contributed by atoms with E-state index in [1.807, 2.05) is 55.5 Å². The number of amides is 1. The third-order valence-electron chi connectivity index (χ3n) is 4.31. The first kappa shape index (κ1) is 20.4. The molecule has 29 heavy (non-hydrogen) atoms. The van der Waals surface area contributed by atoms with Crippen molar-refractivity contribution in [2.45, 2.75) is 13.0 Å². The normalized spacial score (nSPS) is 12.4. The van der Waals surface area contributed by atoms with E-state index in [1.165, 1.54) is 6.08 Å². The van der Waals surface area contributed by atoms with Crippen molar-refractivity contribution in [1.29, 1.82) is 0 Å². The van der Waals surface area contributed by atoms with Crippen LogP contribution in [0, 0.1) is 0 Å². The molecule has 3 rings (SSSR count). The predicted molar refractivity (Wildman–Crippen MR) is 117 cm³/mol. The number of hydrogen-bond donors (Lipinski definition) is 2. The third kappa shape index (κ3) is 5.80. The number of rotatable bonds is 7. The topological polar surface area (TPSA) is 75.3 Å². The number of nitrogens with one attached hydrogen (secondary N) is 2. The Kier molecular flexibility index (Phi) is 6.46. The molecule has 0 saturated carbocycles. The lowest BCUT2D eigenvalue weighted by atomic mass is 10.1. The molecule has 0 aliphatic heterocycles. The molecule has 148 valence electrons. The molecule has 0 spiro atoms. The van der Waals surface area contributed by atoms with Gasteiger partial charge in [0.1, 0.15) is 0 Å². The fourth-order valence-corrected chi connectivity index (χ4v) is 3.68. The van der Waals surface area contributed by atoms with Crippen LogP contribution in [0.5, 0.6) is 0 Å². The van der Waals surface area contributed by atoms with E-state index in [4.69, 9.17) is 0 Å². The second kappa shape index (κ2) is 9.21. The molecule has 0 aromatic heterocycles. The standard InChI is InChI=1S/C23H22N2O3S/c1-18(20-12-6-3-7-13-20)24-23(26)21-14-8-9-15-22(21)25-29(27,28)17-16-19-10-4-2-5-11-19/h2-18,25H,1H3,(H,24,26)/b17-16+. The van der Waals surface area contributed by atoms with Crippen molar-refractivity contribution in [3.8, 4) is 0 Å². The second-order valence-corrected chi connectivity index (χ2v) is 8.08. The van der Waals surface area contributed by atoms with E-state index in [9.17, 15) is 13.2 Å². The minimum absolute atomic E-state index is 0.216. The number of anilines is 1. The average molecular weight is 407 g/mol. The zero-order valence-electron chi connectivity index (χ0n) is 15.9.